The molecule has 0 aliphatic carbocycles. The van der Waals surface area contributed by atoms with Crippen LogP contribution in [0, 0.1) is 30.3 Å². The highest BCUT2D eigenvalue weighted by Gasteiger charge is 2.42. The number of fused-ring (bicyclic) bond motifs is 3. The van der Waals surface area contributed by atoms with Crippen LogP contribution in [0.4, 0.5) is 17.3 Å². The molecule has 21 heavy (non-hydrogen) atoms. The molecule has 0 bridgehead atoms. The highest BCUT2D eigenvalue weighted by molar-refractivity contribution is 5.72. The lowest BCUT2D eigenvalue weighted by Gasteiger charge is -1.89. The van der Waals surface area contributed by atoms with Gasteiger partial charge < -0.3 is 20.2 Å². The van der Waals surface area contributed by atoms with Crippen molar-refractivity contribution >= 4 is 28.5 Å². The predicted octanol–water partition coefficient (Wildman–Crippen LogP) is 0.126. The first-order chi connectivity index (χ1) is 9.90. The van der Waals surface area contributed by atoms with Gasteiger partial charge >= 0.3 is 29.2 Å². The van der Waals surface area contributed by atoms with Gasteiger partial charge in [-0.05, 0) is 15.9 Å². The number of aromatic amines is 1. The molecule has 3 rings (SSSR count). The van der Waals surface area contributed by atoms with Gasteiger partial charge in [-0.2, -0.15) is 0 Å². The molecule has 0 aromatic carbocycles. The van der Waals surface area contributed by atoms with E-state index in [1.54, 1.807) is 0 Å². The third-order valence-corrected chi connectivity index (χ3v) is 2.74. The van der Waals surface area contributed by atoms with Crippen LogP contribution >= 0.6 is 0 Å². The van der Waals surface area contributed by atoms with Gasteiger partial charge in [0.2, 0.25) is 5.52 Å². The minimum Gasteiger partial charge on any atom is -0.358 e. The number of nitrogens with one attached hydrogen (secondary N) is 1. The van der Waals surface area contributed by atoms with Gasteiger partial charge in [0.05, 0.1) is 9.55 Å². The molecule has 0 aliphatic rings. The largest absolute Gasteiger partial charge is 0.475 e. The third-order valence-electron chi connectivity index (χ3n) is 2.74. The fourth-order valence-electron chi connectivity index (χ4n) is 1.94. The zero-order valence-corrected chi connectivity index (χ0v) is 9.86. The summed E-state index contributed by atoms with van der Waals surface area (Å²) in [5.74, 6) is -1.38. The number of pyridine rings is 1. The summed E-state index contributed by atoms with van der Waals surface area (Å²) in [6, 6.07) is 2.41. The van der Waals surface area contributed by atoms with Crippen LogP contribution < -0.4 is 4.63 Å². The molecule has 106 valence electrons. The highest BCUT2D eigenvalue weighted by atomic mass is 16.6. The summed E-state index contributed by atoms with van der Waals surface area (Å²) in [6.07, 6.45) is 0.894. The fraction of sp³-hybridized carbons (Fsp3) is 0. The summed E-state index contributed by atoms with van der Waals surface area (Å²) in [6.45, 7) is 0. The second-order valence-corrected chi connectivity index (χ2v) is 3.92. The van der Waals surface area contributed by atoms with E-state index in [1.807, 2.05) is 0 Å². The molecule has 0 saturated heterocycles. The standard InChI is InChI=1S/C8H4N7O6/c16-13(17)5-3-11-10-4-1-2-6(14(18)19)9-7(4)12(11)8(5)15(20)21/h1-3,10H/q+1. The summed E-state index contributed by atoms with van der Waals surface area (Å²) >= 11 is 0. The van der Waals surface area contributed by atoms with Crippen LogP contribution in [0.15, 0.2) is 18.3 Å². The molecule has 0 fully saturated rings. The van der Waals surface area contributed by atoms with Crippen molar-refractivity contribution in [3.63, 3.8) is 0 Å². The smallest absolute Gasteiger partial charge is 0.358 e. The first-order valence-electron chi connectivity index (χ1n) is 5.29. The Labute approximate surface area is 112 Å². The van der Waals surface area contributed by atoms with Crippen molar-refractivity contribution in [2.75, 3.05) is 0 Å². The zero-order chi connectivity index (χ0) is 15.3. The van der Waals surface area contributed by atoms with Crippen LogP contribution in [0.5, 0.6) is 0 Å². The Bertz CT molecular complexity index is 940. The van der Waals surface area contributed by atoms with E-state index in [9.17, 15) is 30.3 Å². The van der Waals surface area contributed by atoms with E-state index >= 15 is 0 Å². The SMILES string of the molecule is O=[N+]([O-])c1ccc2[nH][n+]3cc([N+](=O)[O-])c([N+](=O)[O-])n3c2n1. The average Bonchev–Trinajstić information content (AvgIpc) is 2.92. The van der Waals surface area contributed by atoms with Crippen LogP contribution in [0.1, 0.15) is 0 Å². The molecule has 13 nitrogen and oxygen atoms in total. The highest BCUT2D eigenvalue weighted by Crippen LogP contribution is 2.26. The quantitative estimate of drug-likeness (QED) is 0.406. The molecular formula is C8H4N7O6+. The van der Waals surface area contributed by atoms with E-state index in [0.717, 1.165) is 21.4 Å². The molecule has 0 atom stereocenters. The van der Waals surface area contributed by atoms with E-state index in [-0.39, 0.29) is 11.2 Å². The Morgan fingerprint density at radius 2 is 1.81 bits per heavy atom. The van der Waals surface area contributed by atoms with Crippen LogP contribution in [-0.2, 0) is 0 Å². The van der Waals surface area contributed by atoms with Gasteiger partial charge in [-0.1, -0.05) is 0 Å². The molecule has 0 spiro atoms. The molecule has 1 N–H and O–H groups in total. The molecule has 0 saturated carbocycles. The number of rotatable bonds is 3. The van der Waals surface area contributed by atoms with E-state index in [1.165, 1.54) is 6.07 Å². The van der Waals surface area contributed by atoms with Gasteiger partial charge in [0.25, 0.3) is 0 Å². The number of H-pyrrole nitrogens is 1. The normalized spacial score (nSPS) is 11.0. The van der Waals surface area contributed by atoms with Gasteiger partial charge in [0.1, 0.15) is 4.52 Å². The second kappa shape index (κ2) is 3.92. The van der Waals surface area contributed by atoms with Crippen molar-refractivity contribution in [2.24, 2.45) is 0 Å². The summed E-state index contributed by atoms with van der Waals surface area (Å²) in [7, 11) is 0. The lowest BCUT2D eigenvalue weighted by Crippen LogP contribution is -2.27. The monoisotopic (exact) mass is 294 g/mol. The molecule has 0 unspecified atom stereocenters. The van der Waals surface area contributed by atoms with Gasteiger partial charge in [0, 0.05) is 11.1 Å². The predicted molar refractivity (Wildman–Crippen MR) is 62.7 cm³/mol. The molecule has 13 heteroatoms. The van der Waals surface area contributed by atoms with Gasteiger partial charge in [-0.25, -0.2) is 0 Å². The second-order valence-electron chi connectivity index (χ2n) is 3.92. The van der Waals surface area contributed by atoms with E-state index in [2.05, 4.69) is 10.1 Å². The molecular weight excluding hydrogens is 290 g/mol. The number of nitrogens with zero attached hydrogens (tertiary/aromatic N) is 6. The van der Waals surface area contributed by atoms with E-state index < -0.39 is 32.1 Å². The Morgan fingerprint density at radius 1 is 1.10 bits per heavy atom. The van der Waals surface area contributed by atoms with Crippen LogP contribution in [0.3, 0.4) is 0 Å². The Balaban J connectivity index is 2.47. The minimum absolute atomic E-state index is 0.163. The Hall–Kier alpha value is -3.64. The van der Waals surface area contributed by atoms with Crippen molar-refractivity contribution in [3.05, 3.63) is 48.7 Å². The van der Waals surface area contributed by atoms with Gasteiger partial charge in [0.15, 0.2) is 0 Å². The number of aromatic nitrogens is 4. The lowest BCUT2D eigenvalue weighted by molar-refractivity contribution is -0.674. The molecule has 3 aromatic heterocycles. The number of nitro groups is 3. The Morgan fingerprint density at radius 3 is 2.38 bits per heavy atom. The third kappa shape index (κ3) is 1.64. The van der Waals surface area contributed by atoms with Crippen molar-refractivity contribution in [2.45, 2.75) is 0 Å². The number of hydrogen-bond acceptors (Lipinski definition) is 7. The van der Waals surface area contributed by atoms with Gasteiger partial charge in [-0.3, -0.25) is 10.1 Å². The topological polar surface area (TPSA) is 167 Å². The molecule has 0 amide bonds. The first-order valence-corrected chi connectivity index (χ1v) is 5.29. The van der Waals surface area contributed by atoms with Gasteiger partial charge in [-0.15, -0.1) is 5.10 Å². The molecule has 3 aromatic rings. The number of hydrogen-bond donors (Lipinski definition) is 1. The van der Waals surface area contributed by atoms with Crippen LogP contribution in [-0.4, -0.2) is 29.4 Å². The maximum Gasteiger partial charge on any atom is 0.475 e. The summed E-state index contributed by atoms with van der Waals surface area (Å²) in [4.78, 5) is 33.6. The van der Waals surface area contributed by atoms with Crippen molar-refractivity contribution in [1.29, 1.82) is 0 Å². The minimum atomic E-state index is -0.952. The first kappa shape index (κ1) is 12.4. The van der Waals surface area contributed by atoms with E-state index in [4.69, 9.17) is 0 Å². The van der Waals surface area contributed by atoms with Crippen molar-refractivity contribution in [1.82, 2.24) is 14.6 Å². The maximum atomic E-state index is 11.1. The summed E-state index contributed by atoms with van der Waals surface area (Å²) in [5.41, 5.74) is -0.672. The zero-order valence-electron chi connectivity index (χ0n) is 9.86. The lowest BCUT2D eigenvalue weighted by atomic mass is 10.4. The van der Waals surface area contributed by atoms with Crippen LogP contribution in [0.25, 0.3) is 11.2 Å². The summed E-state index contributed by atoms with van der Waals surface area (Å²) in [5, 5.41) is 35.2. The van der Waals surface area contributed by atoms with E-state index in [0.29, 0.717) is 0 Å². The molecule has 3 heterocycles. The van der Waals surface area contributed by atoms with Crippen molar-refractivity contribution < 1.29 is 19.4 Å². The van der Waals surface area contributed by atoms with Crippen molar-refractivity contribution in [3.8, 4) is 0 Å². The molecule has 0 aliphatic heterocycles. The summed E-state index contributed by atoms with van der Waals surface area (Å²) < 4.78 is 1.76. The molecule has 0 radical (unpaired) electrons. The Kier molecular flexibility index (Phi) is 2.32. The maximum absolute atomic E-state index is 11.1. The van der Waals surface area contributed by atoms with Crippen LogP contribution in [0.2, 0.25) is 0 Å². The fourth-order valence-corrected chi connectivity index (χ4v) is 1.94. The average molecular weight is 294 g/mol.